The first-order chi connectivity index (χ1) is 12.6. The van der Waals surface area contributed by atoms with Crippen LogP contribution in [0.2, 0.25) is 0 Å². The van der Waals surface area contributed by atoms with Crippen molar-refractivity contribution in [2.24, 2.45) is 0 Å². The summed E-state index contributed by atoms with van der Waals surface area (Å²) in [6, 6.07) is 9.11. The molecule has 0 radical (unpaired) electrons. The molecular weight excluding hydrogens is 338 g/mol. The minimum atomic E-state index is -0.428. The van der Waals surface area contributed by atoms with Crippen molar-refractivity contribution in [3.8, 4) is 11.5 Å². The molecule has 9 nitrogen and oxygen atoms in total. The number of nitrogens with one attached hydrogen (secondary N) is 1. The number of rotatable bonds is 6. The Morgan fingerprint density at radius 1 is 1.08 bits per heavy atom. The van der Waals surface area contributed by atoms with Gasteiger partial charge in [-0.3, -0.25) is 14.4 Å². The Hall–Kier alpha value is -3.49. The minimum absolute atomic E-state index is 0.135. The van der Waals surface area contributed by atoms with Crippen LogP contribution in [-0.2, 0) is 13.1 Å². The van der Waals surface area contributed by atoms with Crippen LogP contribution in [0.5, 0.6) is 0 Å². The van der Waals surface area contributed by atoms with Gasteiger partial charge in [-0.05, 0) is 31.2 Å². The van der Waals surface area contributed by atoms with Crippen molar-refractivity contribution in [2.75, 3.05) is 6.54 Å². The summed E-state index contributed by atoms with van der Waals surface area (Å²) in [5.41, 5.74) is 0.107. The molecule has 0 aromatic carbocycles. The summed E-state index contributed by atoms with van der Waals surface area (Å²) in [5.74, 6) is 0.122. The molecule has 1 N–H and O–H groups in total. The summed E-state index contributed by atoms with van der Waals surface area (Å²) in [4.78, 5) is 35.6. The number of carbonyl (C=O) groups excluding carboxylic acids is 1. The Morgan fingerprint density at radius 2 is 1.85 bits per heavy atom. The van der Waals surface area contributed by atoms with Gasteiger partial charge in [-0.15, -0.1) is 0 Å². The molecule has 0 saturated heterocycles. The average Bonchev–Trinajstić information content (AvgIpc) is 3.18. The molecule has 1 amide bonds. The van der Waals surface area contributed by atoms with E-state index in [1.807, 2.05) is 0 Å². The molecule has 0 saturated carbocycles. The van der Waals surface area contributed by atoms with E-state index >= 15 is 0 Å². The maximum atomic E-state index is 12.1. The molecule has 0 bridgehead atoms. The highest BCUT2D eigenvalue weighted by Gasteiger charge is 2.10. The molecule has 0 aliphatic heterocycles. The van der Waals surface area contributed by atoms with Gasteiger partial charge < -0.3 is 9.73 Å². The predicted octanol–water partition coefficient (Wildman–Crippen LogP) is 0.510. The second kappa shape index (κ2) is 7.60. The summed E-state index contributed by atoms with van der Waals surface area (Å²) in [6.45, 7) is 2.51. The van der Waals surface area contributed by atoms with Gasteiger partial charge in [0.1, 0.15) is 11.4 Å². The van der Waals surface area contributed by atoms with E-state index in [4.69, 9.17) is 4.42 Å². The molecule has 3 heterocycles. The lowest BCUT2D eigenvalue weighted by molar-refractivity contribution is 0.0944. The van der Waals surface area contributed by atoms with Crippen LogP contribution >= 0.6 is 0 Å². The molecule has 0 spiro atoms. The van der Waals surface area contributed by atoms with Crippen molar-refractivity contribution in [3.63, 3.8) is 0 Å². The summed E-state index contributed by atoms with van der Waals surface area (Å²) < 4.78 is 7.71. The van der Waals surface area contributed by atoms with Gasteiger partial charge in [0, 0.05) is 25.2 Å². The maximum absolute atomic E-state index is 12.1. The highest BCUT2D eigenvalue weighted by Crippen LogP contribution is 2.14. The largest absolute Gasteiger partial charge is 0.463 e. The SMILES string of the molecule is CCn1nc(C(=O)NCCn2nc(-c3ccco3)ccc2=O)ccc1=O. The van der Waals surface area contributed by atoms with Crippen LogP contribution in [0.15, 0.2) is 56.7 Å². The van der Waals surface area contributed by atoms with Crippen LogP contribution in [0.1, 0.15) is 17.4 Å². The number of hydrogen-bond donors (Lipinski definition) is 1. The molecule has 0 atom stereocenters. The van der Waals surface area contributed by atoms with E-state index in [1.165, 1.54) is 33.8 Å². The number of aryl methyl sites for hydroxylation is 1. The Morgan fingerprint density at radius 3 is 2.58 bits per heavy atom. The Balaban J connectivity index is 1.66. The molecule has 3 aromatic heterocycles. The number of nitrogens with zero attached hydrogens (tertiary/aromatic N) is 4. The maximum Gasteiger partial charge on any atom is 0.271 e. The Labute approximate surface area is 147 Å². The standard InChI is InChI=1S/C17H17N5O4/c1-2-21-15(23)8-6-13(20-21)17(25)18-9-10-22-16(24)7-5-12(19-22)14-4-3-11-26-14/h3-8,11H,2,9-10H2,1H3,(H,18,25). The summed E-state index contributed by atoms with van der Waals surface area (Å²) >= 11 is 0. The lowest BCUT2D eigenvalue weighted by atomic mass is 10.3. The quantitative estimate of drug-likeness (QED) is 0.689. The lowest BCUT2D eigenvalue weighted by Gasteiger charge is -2.08. The molecule has 26 heavy (non-hydrogen) atoms. The normalized spacial score (nSPS) is 10.7. The van der Waals surface area contributed by atoms with Crippen LogP contribution in [0.3, 0.4) is 0 Å². The van der Waals surface area contributed by atoms with Crippen molar-refractivity contribution >= 4 is 5.91 Å². The van der Waals surface area contributed by atoms with Gasteiger partial charge >= 0.3 is 0 Å². The Kier molecular flexibility index (Phi) is 5.07. The minimum Gasteiger partial charge on any atom is -0.463 e. The van der Waals surface area contributed by atoms with Crippen molar-refractivity contribution in [1.82, 2.24) is 24.9 Å². The fraction of sp³-hybridized carbons (Fsp3) is 0.235. The number of aromatic nitrogens is 4. The zero-order valence-electron chi connectivity index (χ0n) is 14.1. The van der Waals surface area contributed by atoms with Crippen LogP contribution in [0.4, 0.5) is 0 Å². The van der Waals surface area contributed by atoms with E-state index in [9.17, 15) is 14.4 Å². The second-order valence-corrected chi connectivity index (χ2v) is 5.39. The number of furan rings is 1. The van der Waals surface area contributed by atoms with Gasteiger partial charge in [0.2, 0.25) is 0 Å². The molecule has 0 aliphatic carbocycles. The van der Waals surface area contributed by atoms with Gasteiger partial charge in [-0.1, -0.05) is 0 Å². The second-order valence-electron chi connectivity index (χ2n) is 5.39. The molecular formula is C17H17N5O4. The summed E-state index contributed by atoms with van der Waals surface area (Å²) in [6.07, 6.45) is 1.52. The van der Waals surface area contributed by atoms with E-state index in [1.54, 1.807) is 25.1 Å². The number of amides is 1. The van der Waals surface area contributed by atoms with Gasteiger partial charge in [0.15, 0.2) is 5.76 Å². The average molecular weight is 355 g/mol. The zero-order chi connectivity index (χ0) is 18.5. The summed E-state index contributed by atoms with van der Waals surface area (Å²) in [7, 11) is 0. The molecule has 3 aromatic rings. The molecule has 9 heteroatoms. The zero-order valence-corrected chi connectivity index (χ0v) is 14.1. The third-order valence-corrected chi connectivity index (χ3v) is 3.65. The van der Waals surface area contributed by atoms with E-state index in [2.05, 4.69) is 15.5 Å². The van der Waals surface area contributed by atoms with Gasteiger partial charge in [-0.2, -0.15) is 10.2 Å². The van der Waals surface area contributed by atoms with Crippen molar-refractivity contribution in [1.29, 1.82) is 0 Å². The first-order valence-corrected chi connectivity index (χ1v) is 8.07. The fourth-order valence-corrected chi connectivity index (χ4v) is 2.33. The third kappa shape index (κ3) is 3.77. The number of hydrogen-bond acceptors (Lipinski definition) is 6. The van der Waals surface area contributed by atoms with Crippen LogP contribution in [0, 0.1) is 0 Å². The third-order valence-electron chi connectivity index (χ3n) is 3.65. The molecule has 3 rings (SSSR count). The molecule has 0 aliphatic rings. The van der Waals surface area contributed by atoms with E-state index < -0.39 is 5.91 Å². The van der Waals surface area contributed by atoms with E-state index in [-0.39, 0.29) is 29.9 Å². The topological polar surface area (TPSA) is 112 Å². The highest BCUT2D eigenvalue weighted by molar-refractivity contribution is 5.91. The van der Waals surface area contributed by atoms with E-state index in [0.29, 0.717) is 18.0 Å². The summed E-state index contributed by atoms with van der Waals surface area (Å²) in [5, 5.41) is 10.9. The highest BCUT2D eigenvalue weighted by atomic mass is 16.3. The monoisotopic (exact) mass is 355 g/mol. The lowest BCUT2D eigenvalue weighted by Crippen LogP contribution is -2.33. The van der Waals surface area contributed by atoms with Crippen LogP contribution in [-0.4, -0.2) is 32.0 Å². The van der Waals surface area contributed by atoms with Crippen molar-refractivity contribution in [3.05, 3.63) is 69.1 Å². The predicted molar refractivity (Wildman–Crippen MR) is 92.7 cm³/mol. The fourth-order valence-electron chi connectivity index (χ4n) is 2.33. The molecule has 0 fully saturated rings. The van der Waals surface area contributed by atoms with Crippen LogP contribution < -0.4 is 16.4 Å². The van der Waals surface area contributed by atoms with Crippen molar-refractivity contribution < 1.29 is 9.21 Å². The van der Waals surface area contributed by atoms with Gasteiger partial charge in [0.25, 0.3) is 17.0 Å². The number of carbonyl (C=O) groups is 1. The van der Waals surface area contributed by atoms with Gasteiger partial charge in [0.05, 0.1) is 12.8 Å². The first-order valence-electron chi connectivity index (χ1n) is 8.07. The van der Waals surface area contributed by atoms with Crippen molar-refractivity contribution in [2.45, 2.75) is 20.0 Å². The van der Waals surface area contributed by atoms with E-state index in [0.717, 1.165) is 0 Å². The molecule has 0 unspecified atom stereocenters. The smallest absolute Gasteiger partial charge is 0.271 e. The van der Waals surface area contributed by atoms with Gasteiger partial charge in [-0.25, -0.2) is 9.36 Å². The van der Waals surface area contributed by atoms with Crippen LogP contribution in [0.25, 0.3) is 11.5 Å². The Bertz CT molecular complexity index is 1020. The molecule has 134 valence electrons. The first kappa shape index (κ1) is 17.3.